The SMILES string of the molecule is C=CC(=O)OC(OCC(F)(F)S(=O)(=O)[O-])(C(=O)NCC(C)C)C(F)(F)F. The van der Waals surface area contributed by atoms with Crippen LogP contribution in [0.15, 0.2) is 12.7 Å². The van der Waals surface area contributed by atoms with Gasteiger partial charge in [-0.3, -0.25) is 4.79 Å². The number of rotatable bonds is 9. The number of carbonyl (C=O) groups is 2. The summed E-state index contributed by atoms with van der Waals surface area (Å²) < 4.78 is 105. The Balaban J connectivity index is 5.99. The molecule has 14 heteroatoms. The van der Waals surface area contributed by atoms with E-state index in [0.717, 1.165) is 0 Å². The molecule has 0 saturated heterocycles. The largest absolute Gasteiger partial charge is 0.743 e. The Hall–Kier alpha value is -1.80. The maximum absolute atomic E-state index is 13.3. The van der Waals surface area contributed by atoms with Crippen LogP contribution >= 0.6 is 0 Å². The van der Waals surface area contributed by atoms with Crippen molar-refractivity contribution in [3.63, 3.8) is 0 Å². The Morgan fingerprint density at radius 3 is 2.08 bits per heavy atom. The van der Waals surface area contributed by atoms with Crippen molar-refractivity contribution in [2.24, 2.45) is 5.92 Å². The summed E-state index contributed by atoms with van der Waals surface area (Å²) in [4.78, 5) is 23.1. The average Bonchev–Trinajstić information content (AvgIpc) is 2.46. The lowest BCUT2D eigenvalue weighted by atomic mass is 10.2. The van der Waals surface area contributed by atoms with Crippen molar-refractivity contribution < 1.29 is 54.0 Å². The van der Waals surface area contributed by atoms with Gasteiger partial charge in [-0.2, -0.15) is 22.0 Å². The summed E-state index contributed by atoms with van der Waals surface area (Å²) in [7, 11) is -6.42. The minimum Gasteiger partial charge on any atom is -0.743 e. The third kappa shape index (κ3) is 5.88. The lowest BCUT2D eigenvalue weighted by Gasteiger charge is -2.34. The van der Waals surface area contributed by atoms with E-state index < -0.39 is 58.3 Å². The molecule has 0 radical (unpaired) electrons. The number of alkyl halides is 5. The Morgan fingerprint density at radius 2 is 1.73 bits per heavy atom. The second kappa shape index (κ2) is 8.26. The summed E-state index contributed by atoms with van der Waals surface area (Å²) in [5, 5.41) is -3.66. The topological polar surface area (TPSA) is 122 Å². The number of hydrogen-bond donors (Lipinski definition) is 1. The number of hydrogen-bond acceptors (Lipinski definition) is 7. The van der Waals surface area contributed by atoms with Gasteiger partial charge in [-0.1, -0.05) is 20.4 Å². The van der Waals surface area contributed by atoms with E-state index in [9.17, 15) is 44.5 Å². The quantitative estimate of drug-likeness (QED) is 0.196. The number of amides is 1. The van der Waals surface area contributed by atoms with Gasteiger partial charge in [0.1, 0.15) is 6.61 Å². The molecule has 0 aromatic carbocycles. The number of halogens is 5. The Morgan fingerprint density at radius 1 is 1.23 bits per heavy atom. The van der Waals surface area contributed by atoms with Crippen molar-refractivity contribution in [3.8, 4) is 0 Å². The fourth-order valence-corrected chi connectivity index (χ4v) is 1.47. The highest BCUT2D eigenvalue weighted by Gasteiger charge is 2.67. The van der Waals surface area contributed by atoms with Gasteiger partial charge in [0, 0.05) is 12.6 Å². The monoisotopic (exact) mass is 412 g/mol. The zero-order valence-electron chi connectivity index (χ0n) is 13.4. The first kappa shape index (κ1) is 24.2. The van der Waals surface area contributed by atoms with Crippen LogP contribution in [-0.2, 0) is 29.2 Å². The molecule has 1 amide bonds. The van der Waals surface area contributed by atoms with Crippen LogP contribution in [0.1, 0.15) is 13.8 Å². The van der Waals surface area contributed by atoms with Gasteiger partial charge in [0.25, 0.3) is 0 Å². The van der Waals surface area contributed by atoms with Crippen LogP contribution in [-0.4, -0.2) is 55.2 Å². The van der Waals surface area contributed by atoms with Crippen LogP contribution in [0, 0.1) is 5.92 Å². The molecular formula is C12H15F5NO7S-. The summed E-state index contributed by atoms with van der Waals surface area (Å²) >= 11 is 0. The normalized spacial score (nSPS) is 15.3. The fraction of sp³-hybridized carbons (Fsp3) is 0.667. The Labute approximate surface area is 145 Å². The molecule has 1 atom stereocenters. The number of carbonyl (C=O) groups excluding carboxylic acids is 2. The summed E-state index contributed by atoms with van der Waals surface area (Å²) in [6.07, 6.45) is -5.72. The van der Waals surface area contributed by atoms with Gasteiger partial charge in [-0.15, -0.1) is 0 Å². The number of esters is 1. The second-order valence-corrected chi connectivity index (χ2v) is 6.73. The standard InChI is InChI=1S/C12H16F5NO7S/c1-4-8(19)25-11(12(15,16)17,9(20)18-5-7(2)3)24-6-10(13,14)26(21,22)23/h4,7H,1,5-6H2,2-3H3,(H,18,20)(H,21,22,23)/p-1. The zero-order chi connectivity index (χ0) is 21.0. The maximum atomic E-state index is 13.3. The summed E-state index contributed by atoms with van der Waals surface area (Å²) in [5.74, 6) is -9.10. The molecule has 0 aromatic heterocycles. The van der Waals surface area contributed by atoms with E-state index in [1.165, 1.54) is 13.8 Å². The molecule has 0 fully saturated rings. The Bertz CT molecular complexity index is 647. The van der Waals surface area contributed by atoms with Crippen molar-refractivity contribution in [2.75, 3.05) is 13.2 Å². The molecule has 0 aliphatic heterocycles. The van der Waals surface area contributed by atoms with E-state index in [2.05, 4.69) is 16.1 Å². The van der Waals surface area contributed by atoms with Crippen molar-refractivity contribution in [3.05, 3.63) is 12.7 Å². The number of ether oxygens (including phenoxy) is 2. The lowest BCUT2D eigenvalue weighted by molar-refractivity contribution is -0.352. The van der Waals surface area contributed by atoms with Crippen LogP contribution in [0.5, 0.6) is 0 Å². The molecule has 0 heterocycles. The van der Waals surface area contributed by atoms with E-state index in [1.807, 2.05) is 0 Å². The average molecular weight is 412 g/mol. The van der Waals surface area contributed by atoms with E-state index >= 15 is 0 Å². The van der Waals surface area contributed by atoms with Crippen molar-refractivity contribution >= 4 is 22.0 Å². The molecule has 0 spiro atoms. The molecule has 0 bridgehead atoms. The minimum atomic E-state index is -6.42. The van der Waals surface area contributed by atoms with Crippen molar-refractivity contribution in [1.82, 2.24) is 5.32 Å². The predicted molar refractivity (Wildman–Crippen MR) is 73.5 cm³/mol. The fourth-order valence-electron chi connectivity index (χ4n) is 1.26. The first-order chi connectivity index (χ1) is 11.5. The van der Waals surface area contributed by atoms with E-state index in [1.54, 1.807) is 5.32 Å². The van der Waals surface area contributed by atoms with Crippen molar-refractivity contribution in [1.29, 1.82) is 0 Å². The molecular weight excluding hydrogens is 397 g/mol. The van der Waals surface area contributed by atoms with Crippen LogP contribution in [0.3, 0.4) is 0 Å². The van der Waals surface area contributed by atoms with Crippen molar-refractivity contribution in [2.45, 2.75) is 31.1 Å². The van der Waals surface area contributed by atoms with Gasteiger partial charge in [0.2, 0.25) is 0 Å². The van der Waals surface area contributed by atoms with Crippen LogP contribution in [0.25, 0.3) is 0 Å². The van der Waals surface area contributed by atoms with E-state index in [-0.39, 0.29) is 6.08 Å². The Kier molecular flexibility index (Phi) is 7.69. The molecule has 8 nitrogen and oxygen atoms in total. The molecule has 1 N–H and O–H groups in total. The third-order valence-corrected chi connectivity index (χ3v) is 3.41. The first-order valence-corrected chi connectivity index (χ1v) is 8.08. The summed E-state index contributed by atoms with van der Waals surface area (Å²) in [5.41, 5.74) is 0. The highest BCUT2D eigenvalue weighted by Crippen LogP contribution is 2.37. The number of nitrogens with one attached hydrogen (secondary N) is 1. The smallest absolute Gasteiger partial charge is 0.466 e. The van der Waals surface area contributed by atoms with Gasteiger partial charge in [0.15, 0.2) is 10.1 Å². The highest BCUT2D eigenvalue weighted by molar-refractivity contribution is 7.86. The van der Waals surface area contributed by atoms with Gasteiger partial charge in [-0.25, -0.2) is 13.2 Å². The zero-order valence-corrected chi connectivity index (χ0v) is 14.2. The second-order valence-electron chi connectivity index (χ2n) is 5.22. The minimum absolute atomic E-state index is 0.183. The molecule has 0 saturated carbocycles. The first-order valence-electron chi connectivity index (χ1n) is 6.68. The van der Waals surface area contributed by atoms with E-state index in [4.69, 9.17) is 0 Å². The van der Waals surface area contributed by atoms with Gasteiger partial charge in [-0.05, 0) is 5.92 Å². The molecule has 0 aliphatic rings. The molecule has 0 aromatic rings. The molecule has 0 rings (SSSR count). The third-order valence-electron chi connectivity index (χ3n) is 2.56. The lowest BCUT2D eigenvalue weighted by Crippen LogP contribution is -2.62. The van der Waals surface area contributed by atoms with Crippen LogP contribution in [0.4, 0.5) is 22.0 Å². The van der Waals surface area contributed by atoms with Crippen LogP contribution < -0.4 is 5.32 Å². The van der Waals surface area contributed by atoms with Gasteiger partial charge in [0.05, 0.1) is 0 Å². The molecule has 0 aliphatic carbocycles. The summed E-state index contributed by atoms with van der Waals surface area (Å²) in [6.45, 7) is 2.64. The maximum Gasteiger partial charge on any atom is 0.466 e. The summed E-state index contributed by atoms with van der Waals surface area (Å²) in [6, 6.07) is 0. The molecule has 1 unspecified atom stereocenters. The molecule has 152 valence electrons. The predicted octanol–water partition coefficient (Wildman–Crippen LogP) is 0.901. The highest BCUT2D eigenvalue weighted by atomic mass is 32.2. The van der Waals surface area contributed by atoms with Crippen LogP contribution in [0.2, 0.25) is 0 Å². The van der Waals surface area contributed by atoms with Gasteiger partial charge < -0.3 is 19.3 Å². The molecule has 26 heavy (non-hydrogen) atoms. The van der Waals surface area contributed by atoms with Gasteiger partial charge >= 0.3 is 29.1 Å². The van der Waals surface area contributed by atoms with E-state index in [0.29, 0.717) is 0 Å².